The largest absolute Gasteiger partial charge is 0.308 e. The van der Waals surface area contributed by atoms with Gasteiger partial charge in [-0.1, -0.05) is 42.5 Å². The highest BCUT2D eigenvalue weighted by Gasteiger charge is 2.14. The van der Waals surface area contributed by atoms with Gasteiger partial charge in [0.15, 0.2) is 0 Å². The van der Waals surface area contributed by atoms with Crippen LogP contribution in [0.15, 0.2) is 59.5 Å². The summed E-state index contributed by atoms with van der Waals surface area (Å²) in [5, 5.41) is 3.78. The molecule has 0 atom stereocenters. The van der Waals surface area contributed by atoms with Gasteiger partial charge in [-0.25, -0.2) is 0 Å². The fourth-order valence-electron chi connectivity index (χ4n) is 3.25. The van der Waals surface area contributed by atoms with Crippen LogP contribution < -0.4 is 5.56 Å². The van der Waals surface area contributed by atoms with Crippen LogP contribution >= 0.6 is 0 Å². The Morgan fingerprint density at radius 1 is 0.958 bits per heavy atom. The second-order valence-electron chi connectivity index (χ2n) is 6.35. The summed E-state index contributed by atoms with van der Waals surface area (Å²) in [6.07, 6.45) is 1.89. The first-order chi connectivity index (χ1) is 11.7. The maximum atomic E-state index is 13.1. The van der Waals surface area contributed by atoms with Gasteiger partial charge < -0.3 is 9.47 Å². The molecule has 0 aliphatic rings. The second-order valence-corrected chi connectivity index (χ2v) is 6.35. The third kappa shape index (κ3) is 2.27. The molecule has 0 amide bonds. The maximum Gasteiger partial charge on any atom is 0.259 e. The second kappa shape index (κ2) is 5.73. The van der Waals surface area contributed by atoms with Gasteiger partial charge in [-0.2, -0.15) is 0 Å². The van der Waals surface area contributed by atoms with Crippen LogP contribution in [0.3, 0.4) is 0 Å². The highest BCUT2D eigenvalue weighted by molar-refractivity contribution is 6.12. The number of fused-ring (bicyclic) bond motifs is 5. The predicted molar refractivity (Wildman–Crippen MR) is 99.6 cm³/mol. The van der Waals surface area contributed by atoms with Crippen LogP contribution in [0.25, 0.3) is 32.6 Å². The summed E-state index contributed by atoms with van der Waals surface area (Å²) in [7, 11) is 4.04. The maximum absolute atomic E-state index is 13.1. The summed E-state index contributed by atoms with van der Waals surface area (Å²) in [4.78, 5) is 19.9. The Hall–Kier alpha value is -2.72. The molecule has 2 aromatic heterocycles. The molecule has 0 N–H and O–H groups in total. The fourth-order valence-corrected chi connectivity index (χ4v) is 3.25. The van der Waals surface area contributed by atoms with Crippen LogP contribution in [-0.2, 0) is 6.54 Å². The molecule has 24 heavy (non-hydrogen) atoms. The van der Waals surface area contributed by atoms with Gasteiger partial charge in [0.05, 0.1) is 11.0 Å². The lowest BCUT2D eigenvalue weighted by molar-refractivity contribution is 0.385. The Morgan fingerprint density at radius 3 is 2.38 bits per heavy atom. The van der Waals surface area contributed by atoms with Crippen molar-refractivity contribution in [1.82, 2.24) is 14.5 Å². The number of likely N-dealkylation sites (N-methyl/N-ethyl adjacent to an activating group) is 1. The van der Waals surface area contributed by atoms with Crippen molar-refractivity contribution in [2.75, 3.05) is 20.6 Å². The lowest BCUT2D eigenvalue weighted by Gasteiger charge is -2.16. The van der Waals surface area contributed by atoms with E-state index >= 15 is 0 Å². The SMILES string of the molecule is CN(C)CCn1c(=O)c2ccccc2c2ncc3ccccc3c21. The average molecular weight is 317 g/mol. The molecule has 2 heterocycles. The van der Waals surface area contributed by atoms with E-state index in [0.717, 1.165) is 39.1 Å². The summed E-state index contributed by atoms with van der Waals surface area (Å²) < 4.78 is 1.88. The molecule has 4 rings (SSSR count). The normalized spacial score (nSPS) is 11.8. The van der Waals surface area contributed by atoms with E-state index in [4.69, 9.17) is 4.98 Å². The van der Waals surface area contributed by atoms with Crippen LogP contribution in [0.4, 0.5) is 0 Å². The van der Waals surface area contributed by atoms with Crippen molar-refractivity contribution in [3.05, 3.63) is 65.1 Å². The van der Waals surface area contributed by atoms with Gasteiger partial charge in [-0.15, -0.1) is 0 Å². The Balaban J connectivity index is 2.20. The standard InChI is InChI=1S/C20H19N3O/c1-22(2)11-12-23-19-15-8-4-3-7-14(15)13-21-18(19)16-9-5-6-10-17(16)20(23)24/h3-10,13H,11-12H2,1-2H3. The molecule has 0 saturated carbocycles. The lowest BCUT2D eigenvalue weighted by atomic mass is 10.1. The van der Waals surface area contributed by atoms with Gasteiger partial charge in [0.2, 0.25) is 0 Å². The van der Waals surface area contributed by atoms with Crippen molar-refractivity contribution < 1.29 is 0 Å². The summed E-state index contributed by atoms with van der Waals surface area (Å²) >= 11 is 0. The van der Waals surface area contributed by atoms with Gasteiger partial charge >= 0.3 is 0 Å². The highest BCUT2D eigenvalue weighted by atomic mass is 16.1. The number of hydrogen-bond acceptors (Lipinski definition) is 3. The molecule has 0 spiro atoms. The van der Waals surface area contributed by atoms with E-state index in [1.807, 2.05) is 67.3 Å². The van der Waals surface area contributed by atoms with Crippen molar-refractivity contribution in [3.8, 4) is 0 Å². The van der Waals surface area contributed by atoms with Crippen LogP contribution in [0, 0.1) is 0 Å². The van der Waals surface area contributed by atoms with Gasteiger partial charge in [-0.05, 0) is 20.2 Å². The molecule has 0 aliphatic heterocycles. The van der Waals surface area contributed by atoms with Gasteiger partial charge in [0, 0.05) is 40.8 Å². The van der Waals surface area contributed by atoms with E-state index in [0.29, 0.717) is 6.54 Å². The molecule has 0 radical (unpaired) electrons. The van der Waals surface area contributed by atoms with Crippen molar-refractivity contribution in [2.24, 2.45) is 0 Å². The summed E-state index contributed by atoms with van der Waals surface area (Å²) in [5.41, 5.74) is 1.87. The van der Waals surface area contributed by atoms with Crippen LogP contribution in [0.5, 0.6) is 0 Å². The van der Waals surface area contributed by atoms with E-state index in [9.17, 15) is 4.79 Å². The van der Waals surface area contributed by atoms with Crippen molar-refractivity contribution in [3.63, 3.8) is 0 Å². The van der Waals surface area contributed by atoms with Crippen LogP contribution in [-0.4, -0.2) is 35.1 Å². The molecule has 0 aliphatic carbocycles. The molecule has 120 valence electrons. The Kier molecular flexibility index (Phi) is 3.54. The molecule has 4 aromatic rings. The van der Waals surface area contributed by atoms with E-state index in [1.54, 1.807) is 0 Å². The lowest BCUT2D eigenvalue weighted by Crippen LogP contribution is -2.27. The molecule has 4 heteroatoms. The third-order valence-corrected chi connectivity index (χ3v) is 4.47. The molecule has 0 saturated heterocycles. The van der Waals surface area contributed by atoms with Crippen molar-refractivity contribution in [1.29, 1.82) is 0 Å². The quantitative estimate of drug-likeness (QED) is 0.544. The Morgan fingerprint density at radius 2 is 1.62 bits per heavy atom. The monoisotopic (exact) mass is 317 g/mol. The molecular formula is C20H19N3O. The third-order valence-electron chi connectivity index (χ3n) is 4.47. The number of nitrogens with zero attached hydrogens (tertiary/aromatic N) is 3. The Bertz CT molecular complexity index is 1110. The van der Waals surface area contributed by atoms with E-state index in [2.05, 4.69) is 11.0 Å². The topological polar surface area (TPSA) is 38.1 Å². The first-order valence-corrected chi connectivity index (χ1v) is 8.10. The van der Waals surface area contributed by atoms with E-state index in [-0.39, 0.29) is 5.56 Å². The fraction of sp³-hybridized carbons (Fsp3) is 0.200. The molecular weight excluding hydrogens is 298 g/mol. The number of rotatable bonds is 3. The zero-order chi connectivity index (χ0) is 16.7. The average Bonchev–Trinajstić information content (AvgIpc) is 2.61. The van der Waals surface area contributed by atoms with Gasteiger partial charge in [-0.3, -0.25) is 9.78 Å². The minimum absolute atomic E-state index is 0.0538. The molecule has 2 aromatic carbocycles. The first-order valence-electron chi connectivity index (χ1n) is 8.10. The highest BCUT2D eigenvalue weighted by Crippen LogP contribution is 2.27. The predicted octanol–water partition coefficient (Wildman–Crippen LogP) is 3.26. The van der Waals surface area contributed by atoms with E-state index in [1.165, 1.54) is 0 Å². The summed E-state index contributed by atoms with van der Waals surface area (Å²) in [6.45, 7) is 1.44. The van der Waals surface area contributed by atoms with Crippen molar-refractivity contribution >= 4 is 32.6 Å². The summed E-state index contributed by atoms with van der Waals surface area (Å²) in [5.74, 6) is 0. The molecule has 0 unspecified atom stereocenters. The first kappa shape index (κ1) is 14.8. The van der Waals surface area contributed by atoms with Crippen molar-refractivity contribution in [2.45, 2.75) is 6.54 Å². The number of pyridine rings is 2. The zero-order valence-electron chi connectivity index (χ0n) is 13.9. The smallest absolute Gasteiger partial charge is 0.259 e. The number of benzene rings is 2. The minimum Gasteiger partial charge on any atom is -0.308 e. The molecule has 4 nitrogen and oxygen atoms in total. The number of hydrogen-bond donors (Lipinski definition) is 0. The Labute approximate surface area is 140 Å². The minimum atomic E-state index is 0.0538. The molecule has 0 bridgehead atoms. The zero-order valence-corrected chi connectivity index (χ0v) is 13.9. The summed E-state index contributed by atoms with van der Waals surface area (Å²) in [6, 6.07) is 15.9. The van der Waals surface area contributed by atoms with Gasteiger partial charge in [0.25, 0.3) is 5.56 Å². The van der Waals surface area contributed by atoms with Gasteiger partial charge in [0.1, 0.15) is 0 Å². The van der Waals surface area contributed by atoms with E-state index < -0.39 is 0 Å². The molecule has 0 fully saturated rings. The van der Waals surface area contributed by atoms with Crippen LogP contribution in [0.1, 0.15) is 0 Å². The van der Waals surface area contributed by atoms with Crippen LogP contribution in [0.2, 0.25) is 0 Å². The number of aromatic nitrogens is 2.